The minimum absolute atomic E-state index is 0.307. The lowest BCUT2D eigenvalue weighted by Crippen LogP contribution is -2.49. The third-order valence-corrected chi connectivity index (χ3v) is 15.7. The SMILES string of the molecule is CCCCCCCCCCCCCCCCCCCCCCCCCCCCCCCCC(O)C(=O)NC(CO)C(O)CCCCCCCCCCCCCCCCCCCCCCCCCCC. The van der Waals surface area contributed by atoms with Gasteiger partial charge in [-0.15, -0.1) is 0 Å². The predicted molar refractivity (Wildman–Crippen MR) is 306 cm³/mol. The molecule has 0 bridgehead atoms. The molecule has 0 aromatic carbocycles. The van der Waals surface area contributed by atoms with E-state index in [0.29, 0.717) is 12.8 Å². The second-order valence-corrected chi connectivity index (χ2v) is 22.7. The van der Waals surface area contributed by atoms with Crippen LogP contribution in [0.1, 0.15) is 380 Å². The molecule has 69 heavy (non-hydrogen) atoms. The molecule has 414 valence electrons. The van der Waals surface area contributed by atoms with Gasteiger partial charge in [0.1, 0.15) is 6.10 Å². The molecular weight excluding hydrogens is 847 g/mol. The van der Waals surface area contributed by atoms with E-state index in [1.807, 2.05) is 0 Å². The molecule has 0 fully saturated rings. The van der Waals surface area contributed by atoms with Gasteiger partial charge in [-0.2, -0.15) is 0 Å². The van der Waals surface area contributed by atoms with Crippen LogP contribution in [0.2, 0.25) is 0 Å². The molecule has 5 heteroatoms. The van der Waals surface area contributed by atoms with Crippen molar-refractivity contribution in [3.63, 3.8) is 0 Å². The quantitative estimate of drug-likeness (QED) is 0.0457. The number of hydrogen-bond donors (Lipinski definition) is 4. The second-order valence-electron chi connectivity index (χ2n) is 22.7. The Morgan fingerprint density at radius 3 is 0.652 bits per heavy atom. The molecule has 0 aromatic heterocycles. The second kappa shape index (κ2) is 59.9. The molecule has 0 radical (unpaired) electrons. The lowest BCUT2D eigenvalue weighted by Gasteiger charge is -2.23. The van der Waals surface area contributed by atoms with Crippen LogP contribution in [0.3, 0.4) is 0 Å². The number of aliphatic hydroxyl groups excluding tert-OH is 3. The summed E-state index contributed by atoms with van der Waals surface area (Å²) >= 11 is 0. The predicted octanol–water partition coefficient (Wildman–Crippen LogP) is 20.5. The van der Waals surface area contributed by atoms with Crippen LogP contribution in [0.25, 0.3) is 0 Å². The minimum Gasteiger partial charge on any atom is -0.394 e. The number of nitrogens with one attached hydrogen (secondary N) is 1. The molecule has 3 unspecified atom stereocenters. The van der Waals surface area contributed by atoms with Crippen molar-refractivity contribution >= 4 is 5.91 Å². The van der Waals surface area contributed by atoms with E-state index in [1.54, 1.807) is 0 Å². The number of unbranched alkanes of at least 4 members (excludes halogenated alkanes) is 53. The number of hydrogen-bond acceptors (Lipinski definition) is 4. The summed E-state index contributed by atoms with van der Waals surface area (Å²) in [7, 11) is 0. The van der Waals surface area contributed by atoms with E-state index in [1.165, 1.54) is 321 Å². The summed E-state index contributed by atoms with van der Waals surface area (Å²) in [6, 6.07) is -0.708. The molecule has 0 aliphatic carbocycles. The Morgan fingerprint density at radius 1 is 0.290 bits per heavy atom. The average molecular weight is 977 g/mol. The number of rotatable bonds is 61. The first-order valence-electron chi connectivity index (χ1n) is 32.3. The molecule has 0 aromatic rings. The maximum atomic E-state index is 12.6. The molecule has 0 rings (SSSR count). The van der Waals surface area contributed by atoms with Crippen molar-refractivity contribution in [1.82, 2.24) is 5.32 Å². The maximum Gasteiger partial charge on any atom is 0.249 e. The number of carbonyl (C=O) groups is 1. The topological polar surface area (TPSA) is 89.8 Å². The fourth-order valence-electron chi connectivity index (χ4n) is 10.7. The highest BCUT2D eigenvalue weighted by molar-refractivity contribution is 5.80. The highest BCUT2D eigenvalue weighted by Crippen LogP contribution is 2.20. The summed E-state index contributed by atoms with van der Waals surface area (Å²) in [4.78, 5) is 12.6. The highest BCUT2D eigenvalue weighted by atomic mass is 16.3. The lowest BCUT2D eigenvalue weighted by atomic mass is 10.0. The summed E-state index contributed by atoms with van der Waals surface area (Å²) in [6.45, 7) is 4.29. The van der Waals surface area contributed by atoms with Crippen LogP contribution < -0.4 is 5.32 Å². The van der Waals surface area contributed by atoms with E-state index in [0.717, 1.165) is 32.1 Å². The smallest absolute Gasteiger partial charge is 0.249 e. The highest BCUT2D eigenvalue weighted by Gasteiger charge is 2.23. The van der Waals surface area contributed by atoms with Crippen molar-refractivity contribution < 1.29 is 20.1 Å². The molecule has 0 heterocycles. The van der Waals surface area contributed by atoms with Gasteiger partial charge in [0.15, 0.2) is 0 Å². The van der Waals surface area contributed by atoms with Crippen LogP contribution >= 0.6 is 0 Å². The first-order chi connectivity index (χ1) is 34.1. The van der Waals surface area contributed by atoms with Crippen LogP contribution in [-0.4, -0.2) is 46.1 Å². The standard InChI is InChI=1S/C64H129NO4/c1-3-5-7-9-11-13-15-17-19-21-23-25-27-29-30-31-32-33-35-37-39-41-43-45-47-49-51-53-55-57-59-63(68)64(69)65-61(60-66)62(67)58-56-54-52-50-48-46-44-42-40-38-36-34-28-26-24-22-20-18-16-14-12-10-8-6-4-2/h61-63,66-68H,3-60H2,1-2H3,(H,65,69). The fourth-order valence-corrected chi connectivity index (χ4v) is 10.7. The number of carbonyl (C=O) groups excluding carboxylic acids is 1. The summed E-state index contributed by atoms with van der Waals surface area (Å²) in [5, 5.41) is 33.7. The molecule has 0 aliphatic rings. The molecular formula is C64H129NO4. The van der Waals surface area contributed by atoms with Crippen molar-refractivity contribution in [3.8, 4) is 0 Å². The van der Waals surface area contributed by atoms with Gasteiger partial charge in [-0.25, -0.2) is 0 Å². The van der Waals surface area contributed by atoms with Crippen molar-refractivity contribution in [1.29, 1.82) is 0 Å². The van der Waals surface area contributed by atoms with Gasteiger partial charge in [-0.05, 0) is 12.8 Å². The van der Waals surface area contributed by atoms with Crippen LogP contribution in [0.4, 0.5) is 0 Å². The zero-order chi connectivity index (χ0) is 50.0. The Hall–Kier alpha value is -0.650. The average Bonchev–Trinajstić information content (AvgIpc) is 3.35. The Kier molecular flexibility index (Phi) is 59.3. The monoisotopic (exact) mass is 976 g/mol. The summed E-state index contributed by atoms with van der Waals surface area (Å²) in [5.41, 5.74) is 0. The van der Waals surface area contributed by atoms with Crippen LogP contribution in [0.15, 0.2) is 0 Å². The Balaban J connectivity index is 3.45. The van der Waals surface area contributed by atoms with E-state index in [-0.39, 0.29) is 6.61 Å². The molecule has 0 saturated heterocycles. The van der Waals surface area contributed by atoms with Crippen molar-refractivity contribution in [2.24, 2.45) is 0 Å². The third-order valence-electron chi connectivity index (χ3n) is 15.7. The summed E-state index contributed by atoms with van der Waals surface area (Å²) in [5.74, 6) is -0.460. The van der Waals surface area contributed by atoms with Gasteiger partial charge in [0, 0.05) is 0 Å². The Morgan fingerprint density at radius 2 is 0.464 bits per heavy atom. The normalized spacial score (nSPS) is 13.1. The molecule has 0 aliphatic heterocycles. The van der Waals surface area contributed by atoms with E-state index < -0.39 is 24.2 Å². The third kappa shape index (κ3) is 54.9. The zero-order valence-electron chi connectivity index (χ0n) is 47.5. The van der Waals surface area contributed by atoms with Crippen LogP contribution in [-0.2, 0) is 4.79 Å². The van der Waals surface area contributed by atoms with E-state index in [9.17, 15) is 20.1 Å². The molecule has 0 spiro atoms. The number of aliphatic hydroxyl groups is 3. The van der Waals surface area contributed by atoms with Gasteiger partial charge in [-0.3, -0.25) is 4.79 Å². The fraction of sp³-hybridized carbons (Fsp3) is 0.984. The summed E-state index contributed by atoms with van der Waals surface area (Å²) < 4.78 is 0. The van der Waals surface area contributed by atoms with Gasteiger partial charge >= 0.3 is 0 Å². The molecule has 5 nitrogen and oxygen atoms in total. The van der Waals surface area contributed by atoms with Crippen molar-refractivity contribution in [2.75, 3.05) is 6.61 Å². The first-order valence-corrected chi connectivity index (χ1v) is 32.3. The molecule has 1 amide bonds. The number of amides is 1. The van der Waals surface area contributed by atoms with Crippen molar-refractivity contribution in [3.05, 3.63) is 0 Å². The lowest BCUT2D eigenvalue weighted by molar-refractivity contribution is -0.131. The van der Waals surface area contributed by atoms with Gasteiger partial charge in [-0.1, -0.05) is 367 Å². The van der Waals surface area contributed by atoms with E-state index >= 15 is 0 Å². The van der Waals surface area contributed by atoms with Gasteiger partial charge in [0.05, 0.1) is 18.8 Å². The molecule has 3 atom stereocenters. The largest absolute Gasteiger partial charge is 0.394 e. The minimum atomic E-state index is -1.07. The maximum absolute atomic E-state index is 12.6. The van der Waals surface area contributed by atoms with Gasteiger partial charge in [0.25, 0.3) is 0 Å². The molecule has 0 saturated carbocycles. The zero-order valence-corrected chi connectivity index (χ0v) is 47.5. The Bertz CT molecular complexity index is 944. The summed E-state index contributed by atoms with van der Waals surface area (Å²) in [6.07, 6.45) is 74.7. The van der Waals surface area contributed by atoms with Crippen molar-refractivity contribution in [2.45, 2.75) is 398 Å². The van der Waals surface area contributed by atoms with Crippen LogP contribution in [0, 0.1) is 0 Å². The van der Waals surface area contributed by atoms with Gasteiger partial charge in [0.2, 0.25) is 5.91 Å². The van der Waals surface area contributed by atoms with Crippen LogP contribution in [0.5, 0.6) is 0 Å². The molecule has 4 N–H and O–H groups in total. The van der Waals surface area contributed by atoms with E-state index in [4.69, 9.17) is 0 Å². The Labute approximate surface area is 434 Å². The van der Waals surface area contributed by atoms with Gasteiger partial charge < -0.3 is 20.6 Å². The first kappa shape index (κ1) is 68.4. The van der Waals surface area contributed by atoms with E-state index in [2.05, 4.69) is 19.2 Å².